The number of nitrogens with one attached hydrogen (secondary N) is 1. The summed E-state index contributed by atoms with van der Waals surface area (Å²) in [5.41, 5.74) is 9.31. The highest BCUT2D eigenvalue weighted by molar-refractivity contribution is 5.71. The van der Waals surface area contributed by atoms with Gasteiger partial charge in [-0.05, 0) is 49.1 Å². The minimum atomic E-state index is 0.176. The summed E-state index contributed by atoms with van der Waals surface area (Å²) < 4.78 is 0. The zero-order valence-corrected chi connectivity index (χ0v) is 13.0. The first kappa shape index (κ1) is 15.5. The molecule has 1 aromatic heterocycles. The molecule has 0 aliphatic carbocycles. The van der Waals surface area contributed by atoms with Gasteiger partial charge in [0, 0.05) is 24.1 Å². The van der Waals surface area contributed by atoms with Crippen LogP contribution in [0, 0.1) is 0 Å². The molecule has 0 bridgehead atoms. The maximum atomic E-state index is 11.0. The highest BCUT2D eigenvalue weighted by Gasteiger charge is 2.22. The van der Waals surface area contributed by atoms with Gasteiger partial charge in [0.1, 0.15) is 17.9 Å². The molecule has 1 saturated heterocycles. The Hall–Kier alpha value is -2.40. The van der Waals surface area contributed by atoms with Crippen LogP contribution in [0.25, 0.3) is 11.3 Å². The van der Waals surface area contributed by atoms with Crippen LogP contribution >= 0.6 is 0 Å². The quantitative estimate of drug-likeness (QED) is 0.754. The number of nitrogens with zero attached hydrogens (tertiary/aromatic N) is 1. The second-order valence-electron chi connectivity index (χ2n) is 5.89. The van der Waals surface area contributed by atoms with E-state index in [2.05, 4.69) is 10.3 Å². The molecule has 0 amide bonds. The molecule has 0 spiro atoms. The first-order chi connectivity index (χ1) is 11.2. The average molecular weight is 311 g/mol. The average Bonchev–Trinajstić information content (AvgIpc) is 2.58. The van der Waals surface area contributed by atoms with Crippen molar-refractivity contribution in [1.29, 1.82) is 0 Å². The van der Waals surface area contributed by atoms with Gasteiger partial charge in [-0.2, -0.15) is 0 Å². The first-order valence-corrected chi connectivity index (χ1v) is 7.92. The van der Waals surface area contributed by atoms with Crippen LogP contribution in [0.5, 0.6) is 5.75 Å². The molecule has 0 radical (unpaired) electrons. The number of aromatic hydroxyl groups is 1. The molecule has 1 atom stereocenters. The zero-order chi connectivity index (χ0) is 16.2. The lowest BCUT2D eigenvalue weighted by molar-refractivity contribution is -0.107. The monoisotopic (exact) mass is 311 g/mol. The summed E-state index contributed by atoms with van der Waals surface area (Å²) in [6.45, 7) is 1.89. The number of aromatic nitrogens is 1. The molecule has 1 unspecified atom stereocenters. The zero-order valence-electron chi connectivity index (χ0n) is 13.0. The van der Waals surface area contributed by atoms with E-state index in [4.69, 9.17) is 5.73 Å². The topological polar surface area (TPSA) is 88.2 Å². The number of phenols is 1. The fraction of sp³-hybridized carbons (Fsp3) is 0.333. The number of nitrogen functional groups attached to an aromatic ring is 1. The number of phenolic OH excluding ortho intramolecular Hbond substituents is 1. The summed E-state index contributed by atoms with van der Waals surface area (Å²) in [4.78, 5) is 15.4. The van der Waals surface area contributed by atoms with E-state index in [1.54, 1.807) is 12.1 Å². The molecule has 23 heavy (non-hydrogen) atoms. The summed E-state index contributed by atoms with van der Waals surface area (Å²) in [6, 6.07) is 9.05. The molecule has 0 saturated carbocycles. The molecule has 120 valence electrons. The number of benzene rings is 1. The predicted octanol–water partition coefficient (Wildman–Crippen LogP) is 2.24. The van der Waals surface area contributed by atoms with Crippen LogP contribution in [0.15, 0.2) is 30.3 Å². The highest BCUT2D eigenvalue weighted by Crippen LogP contribution is 2.35. The number of carbonyl (C=O) groups is 1. The number of nitrogens with two attached hydrogens (primary N) is 1. The molecule has 5 heteroatoms. The van der Waals surface area contributed by atoms with Crippen molar-refractivity contribution >= 4 is 12.1 Å². The molecule has 1 aliphatic heterocycles. The van der Waals surface area contributed by atoms with Gasteiger partial charge >= 0.3 is 0 Å². The summed E-state index contributed by atoms with van der Waals surface area (Å²) in [5, 5.41) is 13.5. The maximum absolute atomic E-state index is 11.0. The standard InChI is InChI=1S/C18H21N3O2/c19-18-13(7-9-22)15(12-4-3-8-20-11-12)10-16(21-18)14-5-1-2-6-17(14)23/h1-2,5-6,9-10,12,20,23H,3-4,7-8,11H2,(H2,19,21). The fourth-order valence-corrected chi connectivity index (χ4v) is 3.23. The van der Waals surface area contributed by atoms with Crippen LogP contribution < -0.4 is 11.1 Å². The lowest BCUT2D eigenvalue weighted by Crippen LogP contribution is -2.29. The van der Waals surface area contributed by atoms with Crippen molar-refractivity contribution in [2.75, 3.05) is 18.8 Å². The third-order valence-corrected chi connectivity index (χ3v) is 4.39. The van der Waals surface area contributed by atoms with Crippen molar-refractivity contribution in [2.45, 2.75) is 25.2 Å². The second kappa shape index (κ2) is 6.79. The molecule has 1 aliphatic rings. The number of aldehydes is 1. The van der Waals surface area contributed by atoms with Crippen molar-refractivity contribution in [3.05, 3.63) is 41.5 Å². The van der Waals surface area contributed by atoms with E-state index < -0.39 is 0 Å². The van der Waals surface area contributed by atoms with Crippen molar-refractivity contribution in [1.82, 2.24) is 10.3 Å². The number of hydrogen-bond donors (Lipinski definition) is 3. The largest absolute Gasteiger partial charge is 0.507 e. The maximum Gasteiger partial charge on any atom is 0.128 e. The third kappa shape index (κ3) is 3.19. The van der Waals surface area contributed by atoms with Crippen LogP contribution in [0.3, 0.4) is 0 Å². The minimum absolute atomic E-state index is 0.176. The number of pyridine rings is 1. The molecule has 4 N–H and O–H groups in total. The third-order valence-electron chi connectivity index (χ3n) is 4.39. The van der Waals surface area contributed by atoms with Gasteiger partial charge in [0.15, 0.2) is 0 Å². The summed E-state index contributed by atoms with van der Waals surface area (Å²) >= 11 is 0. The first-order valence-electron chi connectivity index (χ1n) is 7.92. The molecular weight excluding hydrogens is 290 g/mol. The van der Waals surface area contributed by atoms with Gasteiger partial charge in [-0.1, -0.05) is 12.1 Å². The van der Waals surface area contributed by atoms with Crippen LogP contribution in [0.1, 0.15) is 29.9 Å². The number of piperidine rings is 1. The van der Waals surface area contributed by atoms with E-state index in [0.29, 0.717) is 23.0 Å². The SMILES string of the molecule is Nc1nc(-c2ccccc2O)cc(C2CCCNC2)c1CC=O. The van der Waals surface area contributed by atoms with Crippen molar-refractivity contribution < 1.29 is 9.90 Å². The summed E-state index contributed by atoms with van der Waals surface area (Å²) in [6.07, 6.45) is 3.29. The van der Waals surface area contributed by atoms with E-state index in [1.165, 1.54) is 0 Å². The Balaban J connectivity index is 2.11. The second-order valence-corrected chi connectivity index (χ2v) is 5.89. The number of anilines is 1. The van der Waals surface area contributed by atoms with Gasteiger partial charge in [0.25, 0.3) is 0 Å². The van der Waals surface area contributed by atoms with E-state index in [9.17, 15) is 9.90 Å². The van der Waals surface area contributed by atoms with Gasteiger partial charge in [-0.3, -0.25) is 0 Å². The van der Waals surface area contributed by atoms with E-state index in [0.717, 1.165) is 43.3 Å². The van der Waals surface area contributed by atoms with Gasteiger partial charge in [0.05, 0.1) is 5.69 Å². The molecule has 1 fully saturated rings. The fourth-order valence-electron chi connectivity index (χ4n) is 3.23. The molecule has 2 heterocycles. The van der Waals surface area contributed by atoms with E-state index in [-0.39, 0.29) is 12.2 Å². The molecule has 1 aromatic carbocycles. The Morgan fingerprint density at radius 1 is 1.39 bits per heavy atom. The van der Waals surface area contributed by atoms with Gasteiger partial charge in [-0.15, -0.1) is 0 Å². The van der Waals surface area contributed by atoms with Crippen LogP contribution in [-0.4, -0.2) is 29.5 Å². The molecule has 5 nitrogen and oxygen atoms in total. The van der Waals surface area contributed by atoms with E-state index in [1.807, 2.05) is 18.2 Å². The normalized spacial score (nSPS) is 17.8. The smallest absolute Gasteiger partial charge is 0.128 e. The lowest BCUT2D eigenvalue weighted by Gasteiger charge is -2.26. The van der Waals surface area contributed by atoms with Crippen molar-refractivity contribution in [3.63, 3.8) is 0 Å². The number of para-hydroxylation sites is 1. The van der Waals surface area contributed by atoms with Crippen LogP contribution in [0.2, 0.25) is 0 Å². The number of hydrogen-bond acceptors (Lipinski definition) is 5. The molecule has 3 rings (SSSR count). The highest BCUT2D eigenvalue weighted by atomic mass is 16.3. The Labute approximate surface area is 135 Å². The van der Waals surface area contributed by atoms with Gasteiger partial charge in [-0.25, -0.2) is 4.98 Å². The lowest BCUT2D eigenvalue weighted by atomic mass is 9.87. The number of rotatable bonds is 4. The van der Waals surface area contributed by atoms with E-state index >= 15 is 0 Å². The number of carbonyl (C=O) groups excluding carboxylic acids is 1. The summed E-state index contributed by atoms with van der Waals surface area (Å²) in [5.74, 6) is 0.863. The Kier molecular flexibility index (Phi) is 4.57. The van der Waals surface area contributed by atoms with Crippen molar-refractivity contribution in [3.8, 4) is 17.0 Å². The predicted molar refractivity (Wildman–Crippen MR) is 90.4 cm³/mol. The Bertz CT molecular complexity index is 709. The minimum Gasteiger partial charge on any atom is -0.507 e. The Morgan fingerprint density at radius 2 is 2.22 bits per heavy atom. The summed E-state index contributed by atoms with van der Waals surface area (Å²) in [7, 11) is 0. The van der Waals surface area contributed by atoms with Crippen molar-refractivity contribution in [2.24, 2.45) is 0 Å². The van der Waals surface area contributed by atoms with Gasteiger partial charge in [0.2, 0.25) is 0 Å². The van der Waals surface area contributed by atoms with Gasteiger partial charge < -0.3 is 21.0 Å². The Morgan fingerprint density at radius 3 is 2.91 bits per heavy atom. The molecular formula is C18H21N3O2. The van der Waals surface area contributed by atoms with Crippen LogP contribution in [0.4, 0.5) is 5.82 Å². The van der Waals surface area contributed by atoms with Crippen LogP contribution in [-0.2, 0) is 11.2 Å². The molecule has 2 aromatic rings.